The van der Waals surface area contributed by atoms with Crippen molar-refractivity contribution < 1.29 is 9.53 Å². The van der Waals surface area contributed by atoms with E-state index in [4.69, 9.17) is 9.72 Å². The lowest BCUT2D eigenvalue weighted by Crippen LogP contribution is -2.14. The second-order valence-electron chi connectivity index (χ2n) is 8.64. The summed E-state index contributed by atoms with van der Waals surface area (Å²) < 4.78 is 7.51. The molecule has 0 atom stereocenters. The number of carbonyl (C=O) groups is 1. The monoisotopic (exact) mass is 547 g/mol. The van der Waals surface area contributed by atoms with Crippen LogP contribution >= 0.6 is 34.9 Å². The molecule has 0 saturated heterocycles. The van der Waals surface area contributed by atoms with Crippen molar-refractivity contribution in [1.29, 1.82) is 0 Å². The maximum Gasteiger partial charge on any atom is 0.234 e. The number of aryl methyl sites for hydroxylation is 2. The molecule has 2 aromatic carbocycles. The third-order valence-corrected chi connectivity index (χ3v) is 9.26. The number of hydrogen-bond donors (Lipinski definition) is 1. The molecule has 0 saturated carbocycles. The molecule has 0 bridgehead atoms. The molecule has 0 fully saturated rings. The summed E-state index contributed by atoms with van der Waals surface area (Å²) in [4.78, 5) is 20.3. The zero-order valence-electron chi connectivity index (χ0n) is 20.3. The fraction of sp³-hybridized carbons (Fsp3) is 0.259. The summed E-state index contributed by atoms with van der Waals surface area (Å²) >= 11 is 4.83. The molecule has 0 radical (unpaired) electrons. The smallest absolute Gasteiger partial charge is 0.234 e. The molecule has 5 aromatic rings. The van der Waals surface area contributed by atoms with Gasteiger partial charge < -0.3 is 10.1 Å². The van der Waals surface area contributed by atoms with Gasteiger partial charge in [-0.2, -0.15) is 0 Å². The summed E-state index contributed by atoms with van der Waals surface area (Å²) in [5.41, 5.74) is 4.17. The Balaban J connectivity index is 1.26. The first-order valence-electron chi connectivity index (χ1n) is 12.2. The van der Waals surface area contributed by atoms with Crippen molar-refractivity contribution in [2.75, 3.05) is 17.7 Å². The Hall–Kier alpha value is -3.08. The highest BCUT2D eigenvalue weighted by Crippen LogP contribution is 2.40. The van der Waals surface area contributed by atoms with Gasteiger partial charge in [0.2, 0.25) is 5.91 Å². The Kier molecular flexibility index (Phi) is 7.04. The molecule has 1 amide bonds. The van der Waals surface area contributed by atoms with Crippen molar-refractivity contribution in [2.45, 2.75) is 42.3 Å². The highest BCUT2D eigenvalue weighted by Gasteiger charge is 2.25. The standard InChI is InChI=1S/C27H25N5O2S3/c1-2-34-19-13-11-18(12-14-19)28-22(33)16-36-27-31-30-24-23-20-9-6-10-21(20)37-25(23)29-26(32(24)27)35-15-17-7-4-3-5-8-17/h3-5,7-8,11-14H,2,6,9-10,15-16H2,1H3,(H,28,33). The number of anilines is 1. The minimum absolute atomic E-state index is 0.102. The van der Waals surface area contributed by atoms with Gasteiger partial charge in [0, 0.05) is 16.3 Å². The zero-order valence-corrected chi connectivity index (χ0v) is 22.7. The molecule has 6 rings (SSSR count). The summed E-state index contributed by atoms with van der Waals surface area (Å²) in [7, 11) is 0. The second-order valence-corrected chi connectivity index (χ2v) is 11.6. The Labute approximate surface area is 227 Å². The number of ether oxygens (including phenoxy) is 1. The Morgan fingerprint density at radius 1 is 1.05 bits per heavy atom. The largest absolute Gasteiger partial charge is 0.494 e. The van der Waals surface area contributed by atoms with Crippen LogP contribution in [0.15, 0.2) is 64.9 Å². The van der Waals surface area contributed by atoms with E-state index in [1.54, 1.807) is 23.1 Å². The third kappa shape index (κ3) is 5.05. The molecule has 188 valence electrons. The molecule has 0 spiro atoms. The number of nitrogens with zero attached hydrogens (tertiary/aromatic N) is 4. The van der Waals surface area contributed by atoms with Crippen molar-refractivity contribution in [3.8, 4) is 5.75 Å². The third-order valence-electron chi connectivity index (χ3n) is 6.14. The first-order valence-corrected chi connectivity index (χ1v) is 15.0. The summed E-state index contributed by atoms with van der Waals surface area (Å²) in [6, 6.07) is 17.8. The van der Waals surface area contributed by atoms with E-state index in [0.717, 1.165) is 51.1 Å². The Bertz CT molecular complexity index is 1560. The van der Waals surface area contributed by atoms with E-state index in [1.165, 1.54) is 34.2 Å². The normalized spacial score (nSPS) is 12.8. The number of benzene rings is 2. The van der Waals surface area contributed by atoms with Gasteiger partial charge in [-0.3, -0.25) is 4.79 Å². The highest BCUT2D eigenvalue weighted by molar-refractivity contribution is 8.00. The number of fused-ring (bicyclic) bond motifs is 5. The fourth-order valence-electron chi connectivity index (χ4n) is 4.48. The van der Waals surface area contributed by atoms with E-state index in [1.807, 2.05) is 41.7 Å². The first kappa shape index (κ1) is 24.3. The van der Waals surface area contributed by atoms with Crippen molar-refractivity contribution >= 4 is 62.3 Å². The predicted molar refractivity (Wildman–Crippen MR) is 151 cm³/mol. The van der Waals surface area contributed by atoms with Gasteiger partial charge in [0.25, 0.3) is 0 Å². The van der Waals surface area contributed by atoms with Gasteiger partial charge >= 0.3 is 0 Å². The molecule has 7 nitrogen and oxygen atoms in total. The summed E-state index contributed by atoms with van der Waals surface area (Å²) in [6.07, 6.45) is 3.34. The van der Waals surface area contributed by atoms with Crippen LogP contribution < -0.4 is 10.1 Å². The lowest BCUT2D eigenvalue weighted by molar-refractivity contribution is -0.113. The number of amides is 1. The summed E-state index contributed by atoms with van der Waals surface area (Å²) in [6.45, 7) is 2.55. The van der Waals surface area contributed by atoms with Gasteiger partial charge in [0.1, 0.15) is 10.6 Å². The van der Waals surface area contributed by atoms with E-state index in [-0.39, 0.29) is 11.7 Å². The van der Waals surface area contributed by atoms with Gasteiger partial charge in [-0.05, 0) is 61.6 Å². The van der Waals surface area contributed by atoms with Gasteiger partial charge in [-0.25, -0.2) is 9.38 Å². The topological polar surface area (TPSA) is 81.4 Å². The van der Waals surface area contributed by atoms with Crippen LogP contribution in [0.25, 0.3) is 15.9 Å². The van der Waals surface area contributed by atoms with E-state index < -0.39 is 0 Å². The average Bonchev–Trinajstić information content (AvgIpc) is 3.63. The van der Waals surface area contributed by atoms with E-state index in [9.17, 15) is 4.79 Å². The van der Waals surface area contributed by atoms with Gasteiger partial charge in [0.15, 0.2) is 16.0 Å². The van der Waals surface area contributed by atoms with Crippen molar-refractivity contribution in [3.63, 3.8) is 0 Å². The first-order chi connectivity index (χ1) is 18.2. The minimum atomic E-state index is -0.102. The lowest BCUT2D eigenvalue weighted by atomic mass is 10.2. The molecule has 1 N–H and O–H groups in total. The van der Waals surface area contributed by atoms with Crippen molar-refractivity contribution in [2.24, 2.45) is 0 Å². The molecule has 37 heavy (non-hydrogen) atoms. The SMILES string of the molecule is CCOc1ccc(NC(=O)CSc2nnc3c4c5c(sc4nc(SCc4ccccc4)n23)CCC5)cc1. The average molecular weight is 548 g/mol. The molecular weight excluding hydrogens is 523 g/mol. The molecule has 1 aliphatic carbocycles. The highest BCUT2D eigenvalue weighted by atomic mass is 32.2. The molecule has 10 heteroatoms. The van der Waals surface area contributed by atoms with E-state index in [2.05, 4.69) is 39.8 Å². The lowest BCUT2D eigenvalue weighted by Gasteiger charge is -2.09. The number of thiophene rings is 1. The van der Waals surface area contributed by atoms with Gasteiger partial charge in [-0.1, -0.05) is 53.9 Å². The molecular formula is C27H25N5O2S3. The molecule has 3 aromatic heterocycles. The van der Waals surface area contributed by atoms with Crippen LogP contribution in [0.2, 0.25) is 0 Å². The minimum Gasteiger partial charge on any atom is -0.494 e. The number of carbonyl (C=O) groups excluding carboxylic acids is 1. The quantitative estimate of drug-likeness (QED) is 0.173. The zero-order chi connectivity index (χ0) is 25.2. The number of aromatic nitrogens is 4. The van der Waals surface area contributed by atoms with Crippen LogP contribution in [0.1, 0.15) is 29.3 Å². The van der Waals surface area contributed by atoms with Crippen LogP contribution in [0.5, 0.6) is 5.75 Å². The predicted octanol–water partition coefficient (Wildman–Crippen LogP) is 6.25. The van der Waals surface area contributed by atoms with Crippen LogP contribution in [-0.2, 0) is 23.4 Å². The number of hydrogen-bond acceptors (Lipinski definition) is 8. The number of rotatable bonds is 9. The molecule has 0 unspecified atom stereocenters. The maximum atomic E-state index is 12.7. The number of nitrogens with one attached hydrogen (secondary N) is 1. The summed E-state index contributed by atoms with van der Waals surface area (Å²) in [5, 5.41) is 14.7. The van der Waals surface area contributed by atoms with Crippen LogP contribution in [-0.4, -0.2) is 37.8 Å². The van der Waals surface area contributed by atoms with Crippen molar-refractivity contribution in [1.82, 2.24) is 19.6 Å². The maximum absolute atomic E-state index is 12.7. The van der Waals surface area contributed by atoms with Crippen molar-refractivity contribution in [3.05, 3.63) is 70.6 Å². The fourth-order valence-corrected chi connectivity index (χ4v) is 7.53. The van der Waals surface area contributed by atoms with Crippen LogP contribution in [0.3, 0.4) is 0 Å². The van der Waals surface area contributed by atoms with E-state index in [0.29, 0.717) is 11.8 Å². The Morgan fingerprint density at radius 2 is 1.89 bits per heavy atom. The second kappa shape index (κ2) is 10.7. The van der Waals surface area contributed by atoms with Gasteiger partial charge in [-0.15, -0.1) is 21.5 Å². The number of thioether (sulfide) groups is 2. The Morgan fingerprint density at radius 3 is 2.70 bits per heavy atom. The molecule has 3 heterocycles. The van der Waals surface area contributed by atoms with Gasteiger partial charge in [0.05, 0.1) is 17.7 Å². The molecule has 1 aliphatic rings. The van der Waals surface area contributed by atoms with Crippen LogP contribution in [0, 0.1) is 0 Å². The summed E-state index contributed by atoms with van der Waals surface area (Å²) in [5.74, 6) is 1.69. The van der Waals surface area contributed by atoms with E-state index >= 15 is 0 Å². The van der Waals surface area contributed by atoms with Crippen LogP contribution in [0.4, 0.5) is 5.69 Å². The molecule has 0 aliphatic heterocycles.